The van der Waals surface area contributed by atoms with Gasteiger partial charge in [-0.1, -0.05) is 12.1 Å². The highest BCUT2D eigenvalue weighted by molar-refractivity contribution is 5.74. The van der Waals surface area contributed by atoms with Crippen LogP contribution in [-0.4, -0.2) is 35.1 Å². The van der Waals surface area contributed by atoms with Crippen LogP contribution in [-0.2, 0) is 19.4 Å². The van der Waals surface area contributed by atoms with E-state index in [-0.39, 0.29) is 0 Å². The summed E-state index contributed by atoms with van der Waals surface area (Å²) in [6, 6.07) is 14.6. The second kappa shape index (κ2) is 6.57. The van der Waals surface area contributed by atoms with Gasteiger partial charge in [-0.15, -0.1) is 0 Å². The molecule has 122 valence electrons. The average Bonchev–Trinajstić information content (AvgIpc) is 2.65. The minimum absolute atomic E-state index is 0.913. The van der Waals surface area contributed by atoms with Gasteiger partial charge < -0.3 is 4.74 Å². The Hall–Kier alpha value is -2.46. The Kier molecular flexibility index (Phi) is 4.13. The van der Waals surface area contributed by atoms with Crippen molar-refractivity contribution >= 4 is 11.0 Å². The third kappa shape index (κ3) is 3.10. The van der Waals surface area contributed by atoms with Gasteiger partial charge in [0.2, 0.25) is 0 Å². The quantitative estimate of drug-likeness (QED) is 0.740. The third-order valence-corrected chi connectivity index (χ3v) is 4.69. The summed E-state index contributed by atoms with van der Waals surface area (Å²) in [4.78, 5) is 11.7. The van der Waals surface area contributed by atoms with Gasteiger partial charge in [0.1, 0.15) is 5.75 Å². The number of pyridine rings is 2. The number of fused-ring (bicyclic) bond motifs is 2. The standard InChI is InChI=1S/C20H21N3O/c1-24-17-6-4-15(5-7-17)8-11-23-12-9-18-16(14-23)13-20-19(22-18)3-2-10-21-20/h2-7,10,13H,8-9,11-12,14H2,1H3. The lowest BCUT2D eigenvalue weighted by atomic mass is 10.0. The van der Waals surface area contributed by atoms with E-state index in [1.165, 1.54) is 16.8 Å². The van der Waals surface area contributed by atoms with Crippen LogP contribution in [0.3, 0.4) is 0 Å². The Labute approximate surface area is 142 Å². The van der Waals surface area contributed by atoms with Gasteiger partial charge in [-0.05, 0) is 47.9 Å². The van der Waals surface area contributed by atoms with Gasteiger partial charge in [0.15, 0.2) is 0 Å². The fourth-order valence-corrected chi connectivity index (χ4v) is 3.29. The molecular formula is C20H21N3O. The molecule has 3 heterocycles. The van der Waals surface area contributed by atoms with E-state index in [1.807, 2.05) is 30.5 Å². The first kappa shape index (κ1) is 15.1. The first-order valence-corrected chi connectivity index (χ1v) is 8.40. The topological polar surface area (TPSA) is 38.2 Å². The minimum Gasteiger partial charge on any atom is -0.497 e. The van der Waals surface area contributed by atoms with Gasteiger partial charge >= 0.3 is 0 Å². The van der Waals surface area contributed by atoms with Crippen molar-refractivity contribution in [1.82, 2.24) is 14.9 Å². The number of hydrogen-bond acceptors (Lipinski definition) is 4. The predicted molar refractivity (Wildman–Crippen MR) is 95.2 cm³/mol. The smallest absolute Gasteiger partial charge is 0.118 e. The monoisotopic (exact) mass is 319 g/mol. The van der Waals surface area contributed by atoms with Gasteiger partial charge in [-0.25, -0.2) is 0 Å². The number of aromatic nitrogens is 2. The Morgan fingerprint density at radius 3 is 2.83 bits per heavy atom. The molecule has 24 heavy (non-hydrogen) atoms. The van der Waals surface area contributed by atoms with Gasteiger partial charge in [0, 0.05) is 37.9 Å². The summed E-state index contributed by atoms with van der Waals surface area (Å²) >= 11 is 0. The van der Waals surface area contributed by atoms with Crippen LogP contribution in [0.5, 0.6) is 5.75 Å². The molecule has 0 saturated carbocycles. The Bertz CT molecular complexity index is 845. The van der Waals surface area contributed by atoms with Crippen LogP contribution < -0.4 is 4.74 Å². The highest BCUT2D eigenvalue weighted by atomic mass is 16.5. The zero-order valence-corrected chi connectivity index (χ0v) is 13.9. The Morgan fingerprint density at radius 2 is 2.00 bits per heavy atom. The molecule has 0 saturated heterocycles. The van der Waals surface area contributed by atoms with E-state index in [4.69, 9.17) is 9.72 Å². The second-order valence-electron chi connectivity index (χ2n) is 6.26. The summed E-state index contributed by atoms with van der Waals surface area (Å²) < 4.78 is 5.21. The van der Waals surface area contributed by atoms with Gasteiger partial charge in [-0.3, -0.25) is 14.9 Å². The van der Waals surface area contributed by atoms with Crippen LogP contribution in [0.15, 0.2) is 48.7 Å². The predicted octanol–water partition coefficient (Wildman–Crippen LogP) is 3.24. The SMILES string of the molecule is COc1ccc(CCN2CCc3nc4cccnc4cc3C2)cc1. The Balaban J connectivity index is 1.44. The van der Waals surface area contributed by atoms with Crippen LogP contribution in [0.4, 0.5) is 0 Å². The molecule has 0 aliphatic carbocycles. The lowest BCUT2D eigenvalue weighted by Crippen LogP contribution is -2.32. The molecule has 0 unspecified atom stereocenters. The van der Waals surface area contributed by atoms with Crippen molar-refractivity contribution < 1.29 is 4.74 Å². The lowest BCUT2D eigenvalue weighted by Gasteiger charge is -2.28. The number of hydrogen-bond donors (Lipinski definition) is 0. The molecule has 0 N–H and O–H groups in total. The van der Waals surface area contributed by atoms with Crippen molar-refractivity contribution in [3.05, 3.63) is 65.5 Å². The van der Waals surface area contributed by atoms with Crippen molar-refractivity contribution in [3.63, 3.8) is 0 Å². The molecule has 0 spiro atoms. The van der Waals surface area contributed by atoms with Crippen LogP contribution >= 0.6 is 0 Å². The van der Waals surface area contributed by atoms with Crippen molar-refractivity contribution in [2.24, 2.45) is 0 Å². The van der Waals surface area contributed by atoms with Crippen molar-refractivity contribution in [2.45, 2.75) is 19.4 Å². The molecule has 0 amide bonds. The largest absolute Gasteiger partial charge is 0.497 e. The fraction of sp³-hybridized carbons (Fsp3) is 0.300. The maximum atomic E-state index is 5.21. The van der Waals surface area contributed by atoms with Gasteiger partial charge in [0.05, 0.1) is 18.1 Å². The van der Waals surface area contributed by atoms with Crippen LogP contribution in [0.25, 0.3) is 11.0 Å². The first-order chi connectivity index (χ1) is 11.8. The summed E-state index contributed by atoms with van der Waals surface area (Å²) in [5.41, 5.74) is 5.90. The van der Waals surface area contributed by atoms with Crippen LogP contribution in [0.1, 0.15) is 16.8 Å². The highest BCUT2D eigenvalue weighted by Crippen LogP contribution is 2.21. The van der Waals surface area contributed by atoms with Crippen molar-refractivity contribution in [2.75, 3.05) is 20.2 Å². The molecule has 1 aliphatic rings. The summed E-state index contributed by atoms with van der Waals surface area (Å²) in [6.45, 7) is 3.10. The summed E-state index contributed by atoms with van der Waals surface area (Å²) in [6.07, 6.45) is 3.90. The molecule has 4 heteroatoms. The summed E-state index contributed by atoms with van der Waals surface area (Å²) in [7, 11) is 1.70. The molecule has 4 nitrogen and oxygen atoms in total. The van der Waals surface area contributed by atoms with E-state index in [1.54, 1.807) is 7.11 Å². The highest BCUT2D eigenvalue weighted by Gasteiger charge is 2.18. The van der Waals surface area contributed by atoms with E-state index < -0.39 is 0 Å². The minimum atomic E-state index is 0.913. The molecule has 1 aliphatic heterocycles. The molecular weight excluding hydrogens is 298 g/mol. The Morgan fingerprint density at radius 1 is 1.12 bits per heavy atom. The maximum Gasteiger partial charge on any atom is 0.118 e. The molecule has 0 bridgehead atoms. The van der Waals surface area contributed by atoms with Crippen molar-refractivity contribution in [3.8, 4) is 5.75 Å². The molecule has 2 aromatic heterocycles. The average molecular weight is 319 g/mol. The van der Waals surface area contributed by atoms with E-state index in [0.717, 1.165) is 49.3 Å². The number of methoxy groups -OCH3 is 1. The van der Waals surface area contributed by atoms with Crippen molar-refractivity contribution in [1.29, 1.82) is 0 Å². The number of rotatable bonds is 4. The van der Waals surface area contributed by atoms with Gasteiger partial charge in [0.25, 0.3) is 0 Å². The summed E-state index contributed by atoms with van der Waals surface area (Å²) in [5.74, 6) is 0.913. The number of benzene rings is 1. The first-order valence-electron chi connectivity index (χ1n) is 8.40. The van der Waals surface area contributed by atoms with Crippen LogP contribution in [0, 0.1) is 0 Å². The lowest BCUT2D eigenvalue weighted by molar-refractivity contribution is 0.255. The normalized spacial score (nSPS) is 14.5. The molecule has 1 aromatic carbocycles. The second-order valence-corrected chi connectivity index (χ2v) is 6.26. The molecule has 0 atom stereocenters. The maximum absolute atomic E-state index is 5.21. The molecule has 0 fully saturated rings. The van der Waals surface area contributed by atoms with E-state index >= 15 is 0 Å². The van der Waals surface area contributed by atoms with Gasteiger partial charge in [-0.2, -0.15) is 0 Å². The molecule has 0 radical (unpaired) electrons. The molecule has 4 rings (SSSR count). The zero-order chi connectivity index (χ0) is 16.4. The van der Waals surface area contributed by atoms with Crippen LogP contribution in [0.2, 0.25) is 0 Å². The number of ether oxygens (including phenoxy) is 1. The molecule has 3 aromatic rings. The zero-order valence-electron chi connectivity index (χ0n) is 13.9. The summed E-state index contributed by atoms with van der Waals surface area (Å²) in [5, 5.41) is 0. The van der Waals surface area contributed by atoms with E-state index in [0.29, 0.717) is 0 Å². The fourth-order valence-electron chi connectivity index (χ4n) is 3.29. The third-order valence-electron chi connectivity index (χ3n) is 4.69. The number of nitrogens with zero attached hydrogens (tertiary/aromatic N) is 3. The van der Waals surface area contributed by atoms with E-state index in [9.17, 15) is 0 Å². The van der Waals surface area contributed by atoms with E-state index in [2.05, 4.69) is 28.1 Å².